The maximum atomic E-state index is 14.0. The first-order valence-corrected chi connectivity index (χ1v) is 21.6. The average Bonchev–Trinajstić information content (AvgIpc) is 4.03. The number of aromatic amines is 3. The molecule has 0 saturated heterocycles. The number of fused-ring (bicyclic) bond motifs is 1. The maximum Gasteiger partial charge on any atom is 0.243 e. The lowest BCUT2D eigenvalue weighted by Crippen LogP contribution is -2.59. The van der Waals surface area contributed by atoms with Gasteiger partial charge in [-0.3, -0.25) is 33.6 Å². The number of nitrogens with one attached hydrogen (secondary N) is 10. The van der Waals surface area contributed by atoms with Crippen molar-refractivity contribution in [1.82, 2.24) is 62.1 Å². The molecular formula is C44H64N12O7. The number of aromatic nitrogens is 5. The summed E-state index contributed by atoms with van der Waals surface area (Å²) in [5.74, 6) is -4.15. The van der Waals surface area contributed by atoms with E-state index in [0.717, 1.165) is 42.1 Å². The van der Waals surface area contributed by atoms with Crippen molar-refractivity contribution in [3.63, 3.8) is 0 Å². The lowest BCUT2D eigenvalue weighted by Gasteiger charge is -2.26. The van der Waals surface area contributed by atoms with E-state index in [9.17, 15) is 33.6 Å². The van der Waals surface area contributed by atoms with Gasteiger partial charge in [0.1, 0.15) is 30.2 Å². The zero-order valence-corrected chi connectivity index (χ0v) is 37.2. The molecule has 7 amide bonds. The third kappa shape index (κ3) is 15.7. The molecule has 10 N–H and O–H groups in total. The van der Waals surface area contributed by atoms with E-state index in [1.54, 1.807) is 26.2 Å². The van der Waals surface area contributed by atoms with Gasteiger partial charge in [-0.15, -0.1) is 0 Å². The van der Waals surface area contributed by atoms with Crippen LogP contribution in [0.5, 0.6) is 0 Å². The molecule has 0 radical (unpaired) electrons. The van der Waals surface area contributed by atoms with E-state index in [1.165, 1.54) is 32.7 Å². The number of carbonyl (C=O) groups excluding carboxylic acids is 7. The molecule has 0 aliphatic heterocycles. The van der Waals surface area contributed by atoms with Crippen molar-refractivity contribution in [2.24, 2.45) is 11.8 Å². The Morgan fingerprint density at radius 2 is 1.27 bits per heavy atom. The smallest absolute Gasteiger partial charge is 0.243 e. The zero-order chi connectivity index (χ0) is 46.1. The number of unbranched alkanes of at least 4 members (excludes halogenated alkanes) is 1. The van der Waals surface area contributed by atoms with Crippen LogP contribution in [0.3, 0.4) is 0 Å². The lowest BCUT2D eigenvalue weighted by atomic mass is 9.98. The summed E-state index contributed by atoms with van der Waals surface area (Å²) in [5, 5.41) is 20.0. The third-order valence-electron chi connectivity index (χ3n) is 10.5. The minimum Gasteiger partial charge on any atom is -0.361 e. The van der Waals surface area contributed by atoms with Gasteiger partial charge < -0.3 is 52.2 Å². The van der Waals surface area contributed by atoms with Crippen LogP contribution in [0.25, 0.3) is 10.9 Å². The molecule has 19 nitrogen and oxygen atoms in total. The van der Waals surface area contributed by atoms with Gasteiger partial charge in [-0.05, 0) is 43.2 Å². The van der Waals surface area contributed by atoms with Crippen LogP contribution in [0.1, 0.15) is 91.1 Å². The second-order valence-corrected chi connectivity index (χ2v) is 16.7. The monoisotopic (exact) mass is 873 g/mol. The minimum atomic E-state index is -1.19. The first-order chi connectivity index (χ1) is 30.0. The molecule has 0 aliphatic carbocycles. The largest absolute Gasteiger partial charge is 0.361 e. The van der Waals surface area contributed by atoms with E-state index in [4.69, 9.17) is 0 Å². The molecule has 4 rings (SSSR count). The van der Waals surface area contributed by atoms with E-state index < -0.39 is 78.1 Å². The van der Waals surface area contributed by atoms with E-state index in [0.29, 0.717) is 17.3 Å². The van der Waals surface area contributed by atoms with Crippen LogP contribution >= 0.6 is 0 Å². The Morgan fingerprint density at radius 3 is 1.86 bits per heavy atom. The van der Waals surface area contributed by atoms with Gasteiger partial charge in [-0.25, -0.2) is 9.97 Å². The van der Waals surface area contributed by atoms with Crippen molar-refractivity contribution in [2.75, 3.05) is 6.54 Å². The molecule has 0 unspecified atom stereocenters. The van der Waals surface area contributed by atoms with Crippen LogP contribution in [-0.2, 0) is 52.8 Å². The molecule has 0 saturated carbocycles. The molecule has 0 spiro atoms. The number of rotatable bonds is 25. The second kappa shape index (κ2) is 24.2. The molecule has 1 aromatic carbocycles. The van der Waals surface area contributed by atoms with Gasteiger partial charge in [0.15, 0.2) is 0 Å². The quantitative estimate of drug-likeness (QED) is 0.0463. The third-order valence-corrected chi connectivity index (χ3v) is 10.5. The molecule has 3 heterocycles. The molecule has 4 aromatic rings. The summed E-state index contributed by atoms with van der Waals surface area (Å²) in [6.45, 7) is 11.9. The molecular weight excluding hydrogens is 809 g/mol. The molecule has 0 aliphatic rings. The second-order valence-electron chi connectivity index (χ2n) is 16.7. The highest BCUT2D eigenvalue weighted by atomic mass is 16.2. The first kappa shape index (κ1) is 49.1. The SMILES string of the molecule is CCCC[C@@H](CC(C)C)NC(=O)[C@H](Cc1cnc[nH]1)NC(=O)CNC(=O)[C@@H](NC(=O)[C@H](C)NC(=O)[C@H](Cc1c[nH]c2ccccc12)NC(=O)[C@H](Cc1cnc[nH]1)NC(C)=O)C(C)C. The zero-order valence-electron chi connectivity index (χ0n) is 37.2. The van der Waals surface area contributed by atoms with Gasteiger partial charge in [0.2, 0.25) is 41.4 Å². The summed E-state index contributed by atoms with van der Waals surface area (Å²) >= 11 is 0. The van der Waals surface area contributed by atoms with E-state index in [1.807, 2.05) is 24.3 Å². The topological polar surface area (TPSA) is 277 Å². The predicted molar refractivity (Wildman–Crippen MR) is 236 cm³/mol. The van der Waals surface area contributed by atoms with Gasteiger partial charge in [0.05, 0.1) is 19.2 Å². The number of H-pyrrole nitrogens is 3. The van der Waals surface area contributed by atoms with E-state index in [-0.39, 0.29) is 31.2 Å². The normalized spacial score (nSPS) is 14.2. The first-order valence-electron chi connectivity index (χ1n) is 21.6. The fourth-order valence-electron chi connectivity index (χ4n) is 7.18. The molecule has 342 valence electrons. The highest BCUT2D eigenvalue weighted by molar-refractivity contribution is 5.97. The molecule has 19 heteroatoms. The van der Waals surface area contributed by atoms with Gasteiger partial charge in [-0.2, -0.15) is 0 Å². The van der Waals surface area contributed by atoms with Gasteiger partial charge in [-0.1, -0.05) is 65.7 Å². The summed E-state index contributed by atoms with van der Waals surface area (Å²) < 4.78 is 0. The predicted octanol–water partition coefficient (Wildman–Crippen LogP) is 1.60. The van der Waals surface area contributed by atoms with Crippen LogP contribution in [0.4, 0.5) is 0 Å². The number of hydrogen-bond donors (Lipinski definition) is 10. The van der Waals surface area contributed by atoms with Gasteiger partial charge in [0.25, 0.3) is 0 Å². The Labute approximate surface area is 367 Å². The van der Waals surface area contributed by atoms with Crippen LogP contribution in [-0.4, -0.2) is 109 Å². The molecule has 0 bridgehead atoms. The van der Waals surface area contributed by atoms with Crippen LogP contribution in [0.2, 0.25) is 0 Å². The standard InChI is InChI=1S/C44H64N12O7/c1-8-9-12-30(15-25(2)3)53-42(61)37(18-32-21-46-24-50-32)54-38(58)22-48-44(63)39(26(4)5)56-40(59)27(6)51-41(60)35(16-29-19-47-34-14-11-10-13-33(29)34)55-43(62)36(52-28(7)57)17-31-20-45-23-49-31/h10-11,13-14,19-21,23-27,30,35-37,39,47H,8-9,12,15-18,22H2,1-7H3,(H,45,49)(H,46,50)(H,48,63)(H,51,60)(H,52,57)(H,53,61)(H,54,58)(H,55,62)(H,56,59)/t27-,30-,35-,36-,37-,39-/m0/s1. The number of imidazole rings is 2. The average molecular weight is 873 g/mol. The van der Waals surface area contributed by atoms with Gasteiger partial charge >= 0.3 is 0 Å². The van der Waals surface area contributed by atoms with Crippen LogP contribution < -0.4 is 37.2 Å². The van der Waals surface area contributed by atoms with Crippen molar-refractivity contribution in [3.8, 4) is 0 Å². The Kier molecular flexibility index (Phi) is 18.9. The summed E-state index contributed by atoms with van der Waals surface area (Å²) in [6.07, 6.45) is 11.5. The molecule has 63 heavy (non-hydrogen) atoms. The number of carbonyl (C=O) groups is 7. The number of para-hydroxylation sites is 1. The Hall–Kier alpha value is -6.53. The lowest BCUT2D eigenvalue weighted by molar-refractivity contribution is -0.135. The molecule has 6 atom stereocenters. The van der Waals surface area contributed by atoms with Crippen molar-refractivity contribution >= 4 is 52.3 Å². The fourth-order valence-corrected chi connectivity index (χ4v) is 7.18. The number of benzene rings is 1. The van der Waals surface area contributed by atoms with E-state index in [2.05, 4.69) is 82.9 Å². The summed E-state index contributed by atoms with van der Waals surface area (Å²) in [5.41, 5.74) is 2.78. The van der Waals surface area contributed by atoms with E-state index >= 15 is 0 Å². The van der Waals surface area contributed by atoms with Crippen molar-refractivity contribution in [3.05, 3.63) is 72.5 Å². The van der Waals surface area contributed by atoms with Crippen molar-refractivity contribution < 1.29 is 33.6 Å². The van der Waals surface area contributed by atoms with Crippen molar-refractivity contribution in [2.45, 2.75) is 130 Å². The number of amides is 7. The minimum absolute atomic E-state index is 0.0354. The fraction of sp³-hybridized carbons (Fsp3) is 0.523. The number of hydrogen-bond acceptors (Lipinski definition) is 9. The molecule has 3 aromatic heterocycles. The summed E-state index contributed by atoms with van der Waals surface area (Å²) in [7, 11) is 0. The summed E-state index contributed by atoms with van der Waals surface area (Å²) in [4.78, 5) is 111. The Bertz CT molecular complexity index is 2120. The van der Waals surface area contributed by atoms with Gasteiger partial charge in [0, 0.05) is 73.1 Å². The summed E-state index contributed by atoms with van der Waals surface area (Å²) in [6, 6.07) is 1.93. The van der Waals surface area contributed by atoms with Crippen LogP contribution in [0, 0.1) is 11.8 Å². The maximum absolute atomic E-state index is 14.0. The van der Waals surface area contributed by atoms with Crippen molar-refractivity contribution in [1.29, 1.82) is 0 Å². The van der Waals surface area contributed by atoms with Crippen LogP contribution in [0.15, 0.2) is 55.5 Å². The highest BCUT2D eigenvalue weighted by Crippen LogP contribution is 2.20. The molecule has 0 fully saturated rings. The number of nitrogens with zero attached hydrogens (tertiary/aromatic N) is 2. The Morgan fingerprint density at radius 1 is 0.667 bits per heavy atom. The highest BCUT2D eigenvalue weighted by Gasteiger charge is 2.32. The Balaban J connectivity index is 1.41.